The second kappa shape index (κ2) is 8.02. The number of carbonyl (C=O) groups excluding carboxylic acids is 3. The molecule has 0 aliphatic rings. The van der Waals surface area contributed by atoms with E-state index in [1.165, 1.54) is 11.8 Å². The Kier molecular flexibility index (Phi) is 6.37. The summed E-state index contributed by atoms with van der Waals surface area (Å²) in [5.41, 5.74) is 2.11. The van der Waals surface area contributed by atoms with Crippen molar-refractivity contribution in [1.29, 1.82) is 0 Å². The lowest BCUT2D eigenvalue weighted by atomic mass is 10.2. The summed E-state index contributed by atoms with van der Waals surface area (Å²) in [6.45, 7) is 3.54. The van der Waals surface area contributed by atoms with Crippen LogP contribution in [0.3, 0.4) is 0 Å². The lowest BCUT2D eigenvalue weighted by molar-refractivity contribution is -0.128. The molecule has 0 saturated heterocycles. The van der Waals surface area contributed by atoms with Gasteiger partial charge >= 0.3 is 6.03 Å². The highest BCUT2D eigenvalue weighted by Crippen LogP contribution is 2.20. The topological polar surface area (TPSA) is 90.5 Å². The quantitative estimate of drug-likeness (QED) is 0.771. The summed E-state index contributed by atoms with van der Waals surface area (Å²) in [6, 6.07) is 4.83. The lowest BCUT2D eigenvalue weighted by Gasteiger charge is -2.12. The monoisotopic (exact) mass is 306 g/mol. The molecule has 3 N–H and O–H groups in total. The zero-order valence-electron chi connectivity index (χ0n) is 13.3. The highest BCUT2D eigenvalue weighted by atomic mass is 16.2. The van der Waals surface area contributed by atoms with E-state index in [4.69, 9.17) is 0 Å². The van der Waals surface area contributed by atoms with E-state index in [9.17, 15) is 14.4 Å². The van der Waals surface area contributed by atoms with E-state index in [0.717, 1.165) is 5.56 Å². The molecule has 0 heterocycles. The van der Waals surface area contributed by atoms with Crippen LogP contribution in [0.2, 0.25) is 0 Å². The number of hydrogen-bond acceptors (Lipinski definition) is 3. The highest BCUT2D eigenvalue weighted by Gasteiger charge is 2.07. The average Bonchev–Trinajstić information content (AvgIpc) is 2.41. The van der Waals surface area contributed by atoms with E-state index in [1.807, 2.05) is 6.92 Å². The van der Waals surface area contributed by atoms with E-state index in [0.29, 0.717) is 11.4 Å². The van der Waals surface area contributed by atoms with E-state index in [-0.39, 0.29) is 24.8 Å². The van der Waals surface area contributed by atoms with Gasteiger partial charge in [-0.3, -0.25) is 9.59 Å². The first kappa shape index (κ1) is 17.5. The maximum Gasteiger partial charge on any atom is 0.319 e. The molecule has 120 valence electrons. The van der Waals surface area contributed by atoms with Crippen molar-refractivity contribution in [3.8, 4) is 0 Å². The van der Waals surface area contributed by atoms with Crippen molar-refractivity contribution < 1.29 is 14.4 Å². The number of carbonyl (C=O) groups is 3. The van der Waals surface area contributed by atoms with E-state index in [2.05, 4.69) is 16.0 Å². The Bertz CT molecular complexity index is 570. The van der Waals surface area contributed by atoms with E-state index < -0.39 is 6.03 Å². The average molecular weight is 306 g/mol. The Morgan fingerprint density at radius 3 is 2.41 bits per heavy atom. The summed E-state index contributed by atoms with van der Waals surface area (Å²) >= 11 is 0. The molecule has 1 aromatic carbocycles. The molecule has 7 nitrogen and oxygen atoms in total. The number of nitrogens with zero attached hydrogens (tertiary/aromatic N) is 1. The SMILES string of the molecule is CC(=O)Nc1cc(NC(=O)NCCC(=O)N(C)C)ccc1C. The van der Waals surface area contributed by atoms with E-state index >= 15 is 0 Å². The molecule has 1 rings (SSSR count). The van der Waals surface area contributed by atoms with Crippen LogP contribution in [0.25, 0.3) is 0 Å². The van der Waals surface area contributed by atoms with E-state index in [1.54, 1.807) is 32.3 Å². The Labute approximate surface area is 130 Å². The largest absolute Gasteiger partial charge is 0.349 e. The van der Waals surface area contributed by atoms with Gasteiger partial charge in [0.2, 0.25) is 11.8 Å². The van der Waals surface area contributed by atoms with Crippen LogP contribution in [0.15, 0.2) is 18.2 Å². The number of nitrogens with one attached hydrogen (secondary N) is 3. The van der Waals surface area contributed by atoms with Crippen LogP contribution in [0.5, 0.6) is 0 Å². The minimum absolute atomic E-state index is 0.0522. The van der Waals surface area contributed by atoms with Gasteiger partial charge in [-0.25, -0.2) is 4.79 Å². The summed E-state index contributed by atoms with van der Waals surface area (Å²) in [5.74, 6) is -0.226. The maximum atomic E-state index is 11.7. The maximum absolute atomic E-state index is 11.7. The zero-order chi connectivity index (χ0) is 16.7. The van der Waals surface area contributed by atoms with Gasteiger partial charge < -0.3 is 20.9 Å². The fourth-order valence-electron chi connectivity index (χ4n) is 1.71. The van der Waals surface area contributed by atoms with Gasteiger partial charge in [0, 0.05) is 45.4 Å². The predicted octanol–water partition coefficient (Wildman–Crippen LogP) is 1.55. The van der Waals surface area contributed by atoms with Gasteiger partial charge in [-0.15, -0.1) is 0 Å². The smallest absolute Gasteiger partial charge is 0.319 e. The number of anilines is 2. The Hall–Kier alpha value is -2.57. The lowest BCUT2D eigenvalue weighted by Crippen LogP contribution is -2.33. The van der Waals surface area contributed by atoms with Crippen LogP contribution < -0.4 is 16.0 Å². The van der Waals surface area contributed by atoms with Gasteiger partial charge in [0.15, 0.2) is 0 Å². The second-order valence-electron chi connectivity index (χ2n) is 5.13. The van der Waals surface area contributed by atoms with Crippen molar-refractivity contribution in [3.63, 3.8) is 0 Å². The minimum atomic E-state index is -0.399. The third-order valence-electron chi connectivity index (χ3n) is 2.93. The standard InChI is InChI=1S/C15H22N4O3/c1-10-5-6-12(9-13(10)17-11(2)20)18-15(22)16-8-7-14(21)19(3)4/h5-6,9H,7-8H2,1-4H3,(H,17,20)(H2,16,18,22). The molecule has 0 unspecified atom stereocenters. The van der Waals surface area contributed by atoms with Gasteiger partial charge in [-0.05, 0) is 24.6 Å². The normalized spacial score (nSPS) is 9.82. The highest BCUT2D eigenvalue weighted by molar-refractivity contribution is 5.93. The molecule has 7 heteroatoms. The molecule has 0 aliphatic carbocycles. The fourth-order valence-corrected chi connectivity index (χ4v) is 1.71. The second-order valence-corrected chi connectivity index (χ2v) is 5.13. The van der Waals surface area contributed by atoms with Gasteiger partial charge in [0.1, 0.15) is 0 Å². The Morgan fingerprint density at radius 2 is 1.82 bits per heavy atom. The molecule has 1 aromatic rings. The summed E-state index contributed by atoms with van der Waals surface area (Å²) in [6.07, 6.45) is 0.242. The van der Waals surface area contributed by atoms with Gasteiger partial charge in [-0.1, -0.05) is 6.07 Å². The predicted molar refractivity (Wildman–Crippen MR) is 85.8 cm³/mol. The first-order valence-electron chi connectivity index (χ1n) is 6.93. The third kappa shape index (κ3) is 5.82. The van der Waals surface area contributed by atoms with Crippen molar-refractivity contribution in [2.75, 3.05) is 31.3 Å². The molecule has 0 atom stereocenters. The molecule has 0 aromatic heterocycles. The van der Waals surface area contributed by atoms with Gasteiger partial charge in [0.05, 0.1) is 0 Å². The summed E-state index contributed by atoms with van der Waals surface area (Å²) in [5, 5.41) is 7.96. The van der Waals surface area contributed by atoms with Crippen LogP contribution in [0.1, 0.15) is 18.9 Å². The number of rotatable bonds is 5. The molecule has 0 bridgehead atoms. The minimum Gasteiger partial charge on any atom is -0.349 e. The van der Waals surface area contributed by atoms with Crippen LogP contribution in [-0.4, -0.2) is 43.4 Å². The van der Waals surface area contributed by atoms with Crippen LogP contribution in [0.4, 0.5) is 16.2 Å². The van der Waals surface area contributed by atoms with Crippen molar-refractivity contribution in [1.82, 2.24) is 10.2 Å². The summed E-state index contributed by atoms with van der Waals surface area (Å²) in [7, 11) is 3.33. The molecule has 0 spiro atoms. The van der Waals surface area contributed by atoms with Gasteiger partial charge in [-0.2, -0.15) is 0 Å². The molecule has 4 amide bonds. The van der Waals surface area contributed by atoms with Crippen molar-refractivity contribution >= 4 is 29.2 Å². The molecule has 0 saturated carbocycles. The van der Waals surface area contributed by atoms with Crippen LogP contribution in [-0.2, 0) is 9.59 Å². The number of urea groups is 1. The fraction of sp³-hybridized carbons (Fsp3) is 0.400. The Morgan fingerprint density at radius 1 is 1.14 bits per heavy atom. The third-order valence-corrected chi connectivity index (χ3v) is 2.93. The summed E-state index contributed by atoms with van der Waals surface area (Å²) < 4.78 is 0. The first-order valence-corrected chi connectivity index (χ1v) is 6.93. The molecule has 0 radical (unpaired) electrons. The Balaban J connectivity index is 2.54. The number of benzene rings is 1. The molecule has 0 aliphatic heterocycles. The number of hydrogen-bond donors (Lipinski definition) is 3. The molecule has 22 heavy (non-hydrogen) atoms. The number of amides is 4. The molecular formula is C15H22N4O3. The van der Waals surface area contributed by atoms with Crippen LogP contribution >= 0.6 is 0 Å². The first-order chi connectivity index (χ1) is 10.3. The van der Waals surface area contributed by atoms with Crippen molar-refractivity contribution in [2.45, 2.75) is 20.3 Å². The van der Waals surface area contributed by atoms with Crippen LogP contribution in [0, 0.1) is 6.92 Å². The van der Waals surface area contributed by atoms with Crippen molar-refractivity contribution in [2.24, 2.45) is 0 Å². The molecule has 0 fully saturated rings. The zero-order valence-corrected chi connectivity index (χ0v) is 13.3. The molecular weight excluding hydrogens is 284 g/mol. The number of aryl methyl sites for hydroxylation is 1. The van der Waals surface area contributed by atoms with Gasteiger partial charge in [0.25, 0.3) is 0 Å². The van der Waals surface area contributed by atoms with Crippen molar-refractivity contribution in [3.05, 3.63) is 23.8 Å². The summed E-state index contributed by atoms with van der Waals surface area (Å²) in [4.78, 5) is 35.7.